The summed E-state index contributed by atoms with van der Waals surface area (Å²) in [5.74, 6) is -0.671. The number of aryl methyl sites for hydroxylation is 1. The van der Waals surface area contributed by atoms with Gasteiger partial charge in [-0.2, -0.15) is 10.2 Å². The number of aromatic nitrogens is 4. The molecule has 2 aromatic carbocycles. The van der Waals surface area contributed by atoms with Crippen LogP contribution in [0, 0.1) is 6.92 Å². The van der Waals surface area contributed by atoms with Crippen LogP contribution in [0.3, 0.4) is 0 Å². The van der Waals surface area contributed by atoms with Crippen molar-refractivity contribution >= 4 is 5.78 Å². The van der Waals surface area contributed by atoms with E-state index in [9.17, 15) is 4.79 Å². The van der Waals surface area contributed by atoms with Gasteiger partial charge in [0.1, 0.15) is 11.9 Å². The van der Waals surface area contributed by atoms with Crippen LogP contribution in [0.25, 0.3) is 16.9 Å². The molecule has 180 valence electrons. The van der Waals surface area contributed by atoms with Crippen molar-refractivity contribution in [2.24, 2.45) is 7.05 Å². The van der Waals surface area contributed by atoms with Crippen LogP contribution in [0.4, 0.5) is 0 Å². The van der Waals surface area contributed by atoms with Gasteiger partial charge in [0.05, 0.1) is 29.4 Å². The SMILES string of the molecule is Cc1c(-c2cnn(C)c2)nn(-c2ccccc2)c1CC(=O)C[C@@H]1OC(C)(C)O[C@H]1c1ccccc1. The van der Waals surface area contributed by atoms with Crippen molar-refractivity contribution in [3.8, 4) is 16.9 Å². The molecule has 5 rings (SSSR count). The molecule has 1 saturated heterocycles. The average molecular weight is 471 g/mol. The van der Waals surface area contributed by atoms with E-state index in [1.165, 1.54) is 0 Å². The molecule has 4 aromatic rings. The number of Topliss-reactive ketones (excluding diaryl/α,β-unsaturated/α-hetero) is 1. The molecule has 0 amide bonds. The fraction of sp³-hybridized carbons (Fsp3) is 0.321. The molecule has 7 nitrogen and oxygen atoms in total. The Bertz CT molecular complexity index is 1330. The number of ether oxygens (including phenoxy) is 2. The van der Waals surface area contributed by atoms with Crippen LogP contribution in [0.1, 0.15) is 43.2 Å². The number of benzene rings is 2. The zero-order chi connectivity index (χ0) is 24.6. The summed E-state index contributed by atoms with van der Waals surface area (Å²) in [6.07, 6.45) is 3.59. The minimum absolute atomic E-state index is 0.0788. The summed E-state index contributed by atoms with van der Waals surface area (Å²) >= 11 is 0. The van der Waals surface area contributed by atoms with Gasteiger partial charge >= 0.3 is 0 Å². The van der Waals surface area contributed by atoms with Crippen molar-refractivity contribution < 1.29 is 14.3 Å². The van der Waals surface area contributed by atoms with E-state index in [4.69, 9.17) is 14.6 Å². The summed E-state index contributed by atoms with van der Waals surface area (Å²) in [6.45, 7) is 5.80. The number of carbonyl (C=O) groups excluding carboxylic acids is 1. The third-order valence-corrected chi connectivity index (χ3v) is 6.33. The Morgan fingerprint density at radius 1 is 1.03 bits per heavy atom. The zero-order valence-corrected chi connectivity index (χ0v) is 20.5. The van der Waals surface area contributed by atoms with E-state index in [0.29, 0.717) is 0 Å². The van der Waals surface area contributed by atoms with Gasteiger partial charge in [0.25, 0.3) is 0 Å². The molecule has 0 radical (unpaired) electrons. The van der Waals surface area contributed by atoms with Crippen molar-refractivity contribution in [1.82, 2.24) is 19.6 Å². The van der Waals surface area contributed by atoms with Crippen LogP contribution in [-0.2, 0) is 27.7 Å². The summed E-state index contributed by atoms with van der Waals surface area (Å²) in [4.78, 5) is 13.4. The minimum Gasteiger partial charge on any atom is -0.344 e. The molecule has 0 bridgehead atoms. The maximum absolute atomic E-state index is 13.4. The first-order valence-corrected chi connectivity index (χ1v) is 11.9. The Hall–Kier alpha value is -3.55. The van der Waals surface area contributed by atoms with Crippen LogP contribution in [-0.4, -0.2) is 37.2 Å². The highest BCUT2D eigenvalue weighted by molar-refractivity contribution is 5.82. The number of hydrogen-bond acceptors (Lipinski definition) is 5. The molecule has 0 aliphatic carbocycles. The molecule has 7 heteroatoms. The minimum atomic E-state index is -0.749. The second-order valence-corrected chi connectivity index (χ2v) is 9.50. The maximum atomic E-state index is 13.4. The highest BCUT2D eigenvalue weighted by Gasteiger charge is 2.42. The third kappa shape index (κ3) is 4.83. The van der Waals surface area contributed by atoms with E-state index in [1.807, 2.05) is 99.4 Å². The van der Waals surface area contributed by atoms with Gasteiger partial charge in [0.15, 0.2) is 5.79 Å². The topological polar surface area (TPSA) is 71.2 Å². The molecule has 1 aliphatic rings. The number of hydrogen-bond donors (Lipinski definition) is 0. The fourth-order valence-electron chi connectivity index (χ4n) is 4.73. The van der Waals surface area contributed by atoms with Gasteiger partial charge in [-0.05, 0) is 44.0 Å². The maximum Gasteiger partial charge on any atom is 0.164 e. The number of rotatable bonds is 7. The first kappa shape index (κ1) is 23.2. The molecule has 1 aliphatic heterocycles. The van der Waals surface area contributed by atoms with Crippen LogP contribution >= 0.6 is 0 Å². The Labute approximate surface area is 205 Å². The summed E-state index contributed by atoms with van der Waals surface area (Å²) < 4.78 is 16.0. The second kappa shape index (κ2) is 9.24. The van der Waals surface area contributed by atoms with E-state index >= 15 is 0 Å². The lowest BCUT2D eigenvalue weighted by molar-refractivity contribution is -0.148. The molecule has 0 spiro atoms. The standard InChI is InChI=1S/C28H30N4O3/c1-19-24(32(22-13-9-6-10-14-22)30-26(19)21-17-29-31(4)18-21)15-23(33)16-25-27(35-28(2,3)34-25)20-11-7-5-8-12-20/h5-14,17-18,25,27H,15-16H2,1-4H3/t25-,27-/m0/s1. The van der Waals surface area contributed by atoms with Crippen molar-refractivity contribution in [2.75, 3.05) is 0 Å². The predicted molar refractivity (Wildman–Crippen MR) is 133 cm³/mol. The summed E-state index contributed by atoms with van der Waals surface area (Å²) in [5.41, 5.74) is 5.52. The highest BCUT2D eigenvalue weighted by atomic mass is 16.7. The van der Waals surface area contributed by atoms with E-state index < -0.39 is 5.79 Å². The average Bonchev–Trinajstić information content (AvgIpc) is 3.50. The molecule has 1 fully saturated rings. The Kier molecular flexibility index (Phi) is 6.13. The number of carbonyl (C=O) groups is 1. The second-order valence-electron chi connectivity index (χ2n) is 9.50. The number of para-hydroxylation sites is 1. The van der Waals surface area contributed by atoms with Crippen LogP contribution in [0.2, 0.25) is 0 Å². The highest BCUT2D eigenvalue weighted by Crippen LogP contribution is 2.40. The smallest absolute Gasteiger partial charge is 0.164 e. The molecule has 0 unspecified atom stereocenters. The molecule has 2 aromatic heterocycles. The predicted octanol–water partition coefficient (Wildman–Crippen LogP) is 4.98. The van der Waals surface area contributed by atoms with Gasteiger partial charge in [-0.3, -0.25) is 9.48 Å². The zero-order valence-electron chi connectivity index (χ0n) is 20.5. The fourth-order valence-corrected chi connectivity index (χ4v) is 4.73. The van der Waals surface area contributed by atoms with Crippen molar-refractivity contribution in [1.29, 1.82) is 0 Å². The van der Waals surface area contributed by atoms with E-state index in [-0.39, 0.29) is 30.8 Å². The van der Waals surface area contributed by atoms with Gasteiger partial charge in [-0.1, -0.05) is 48.5 Å². The lowest BCUT2D eigenvalue weighted by Crippen LogP contribution is -2.24. The molecule has 3 heterocycles. The summed E-state index contributed by atoms with van der Waals surface area (Å²) in [5, 5.41) is 9.19. The van der Waals surface area contributed by atoms with Crippen molar-refractivity contribution in [2.45, 2.75) is 51.6 Å². The summed E-state index contributed by atoms with van der Waals surface area (Å²) in [7, 11) is 1.88. The van der Waals surface area contributed by atoms with E-state index in [0.717, 1.165) is 33.8 Å². The summed E-state index contributed by atoms with van der Waals surface area (Å²) in [6, 6.07) is 19.9. The van der Waals surface area contributed by atoms with Gasteiger partial charge in [0, 0.05) is 31.6 Å². The van der Waals surface area contributed by atoms with Gasteiger partial charge in [0.2, 0.25) is 0 Å². The van der Waals surface area contributed by atoms with Crippen LogP contribution < -0.4 is 0 Å². The Balaban J connectivity index is 1.44. The largest absolute Gasteiger partial charge is 0.344 e. The normalized spacial score (nSPS) is 19.2. The van der Waals surface area contributed by atoms with Gasteiger partial charge in [-0.25, -0.2) is 4.68 Å². The first-order chi connectivity index (χ1) is 16.8. The number of ketones is 1. The lowest BCUT2D eigenvalue weighted by atomic mass is 9.98. The van der Waals surface area contributed by atoms with Gasteiger partial charge in [-0.15, -0.1) is 0 Å². The molecular formula is C28H30N4O3. The first-order valence-electron chi connectivity index (χ1n) is 11.9. The monoisotopic (exact) mass is 470 g/mol. The van der Waals surface area contributed by atoms with Crippen molar-refractivity contribution in [3.05, 3.63) is 89.9 Å². The van der Waals surface area contributed by atoms with E-state index in [1.54, 1.807) is 10.9 Å². The van der Waals surface area contributed by atoms with E-state index in [2.05, 4.69) is 5.10 Å². The Morgan fingerprint density at radius 2 is 1.71 bits per heavy atom. The third-order valence-electron chi connectivity index (χ3n) is 6.33. The quantitative estimate of drug-likeness (QED) is 0.381. The van der Waals surface area contributed by atoms with Crippen LogP contribution in [0.15, 0.2) is 73.1 Å². The molecule has 0 N–H and O–H groups in total. The van der Waals surface area contributed by atoms with Crippen LogP contribution in [0.5, 0.6) is 0 Å². The Morgan fingerprint density at radius 3 is 2.37 bits per heavy atom. The molecular weight excluding hydrogens is 440 g/mol. The molecule has 2 atom stereocenters. The molecule has 0 saturated carbocycles. The van der Waals surface area contributed by atoms with Crippen molar-refractivity contribution in [3.63, 3.8) is 0 Å². The van der Waals surface area contributed by atoms with Gasteiger partial charge < -0.3 is 9.47 Å². The lowest BCUT2D eigenvalue weighted by Gasteiger charge is -2.17. The number of nitrogens with zero attached hydrogens (tertiary/aromatic N) is 4. The molecule has 35 heavy (non-hydrogen) atoms.